The molecule has 0 bridgehead atoms. The van der Waals surface area contributed by atoms with Crippen LogP contribution in [-0.4, -0.2) is 18.6 Å². The maximum absolute atomic E-state index is 12.5. The van der Waals surface area contributed by atoms with Crippen LogP contribution in [0.25, 0.3) is 0 Å². The average Bonchev–Trinajstić information content (AvgIpc) is 2.79. The Morgan fingerprint density at radius 3 is 2.48 bits per heavy atom. The summed E-state index contributed by atoms with van der Waals surface area (Å²) in [5.74, 6) is 0.669. The van der Waals surface area contributed by atoms with Gasteiger partial charge in [-0.3, -0.25) is 0 Å². The topological polar surface area (TPSA) is 111 Å². The molecule has 1 heterocycles. The summed E-state index contributed by atoms with van der Waals surface area (Å²) in [5.41, 5.74) is 8.45. The van der Waals surface area contributed by atoms with Crippen LogP contribution < -0.4 is 10.5 Å². The molecule has 2 rings (SSSR count). The number of nitrogen functional groups attached to an aromatic ring is 1. The van der Waals surface area contributed by atoms with Crippen LogP contribution in [-0.2, 0) is 16.6 Å². The largest absolute Gasteiger partial charge is 0.398 e. The number of nitrogens with two attached hydrogens (primary N) is 1. The predicted molar refractivity (Wildman–Crippen MR) is 78.1 cm³/mol. The lowest BCUT2D eigenvalue weighted by molar-refractivity contribution is 0.372. The number of benzene rings is 1. The molecule has 3 N–H and O–H groups in total. The van der Waals surface area contributed by atoms with Gasteiger partial charge in [0.15, 0.2) is 5.82 Å². The van der Waals surface area contributed by atoms with Crippen LogP contribution in [0.15, 0.2) is 15.5 Å². The second-order valence-corrected chi connectivity index (χ2v) is 6.64. The van der Waals surface area contributed by atoms with Gasteiger partial charge in [-0.2, -0.15) is 4.98 Å². The lowest BCUT2D eigenvalue weighted by Gasteiger charge is -2.15. The molecular formula is C13H18N4O3S. The van der Waals surface area contributed by atoms with Crippen molar-refractivity contribution in [2.75, 3.05) is 5.73 Å². The highest BCUT2D eigenvalue weighted by molar-refractivity contribution is 7.89. The van der Waals surface area contributed by atoms with Crippen LogP contribution in [0.4, 0.5) is 5.69 Å². The van der Waals surface area contributed by atoms with E-state index < -0.39 is 10.0 Å². The Morgan fingerprint density at radius 1 is 1.24 bits per heavy atom. The van der Waals surface area contributed by atoms with E-state index in [1.165, 1.54) is 0 Å². The lowest BCUT2D eigenvalue weighted by Crippen LogP contribution is -2.25. The molecule has 0 unspecified atom stereocenters. The molecule has 0 amide bonds. The highest BCUT2D eigenvalue weighted by atomic mass is 32.2. The van der Waals surface area contributed by atoms with Crippen LogP contribution in [0.1, 0.15) is 28.4 Å². The van der Waals surface area contributed by atoms with Gasteiger partial charge in [0.05, 0.1) is 11.4 Å². The summed E-state index contributed by atoms with van der Waals surface area (Å²) in [6.45, 7) is 6.89. The molecule has 7 nitrogen and oxygen atoms in total. The highest BCUT2D eigenvalue weighted by Crippen LogP contribution is 2.27. The molecule has 0 aliphatic rings. The number of anilines is 1. The minimum Gasteiger partial charge on any atom is -0.398 e. The van der Waals surface area contributed by atoms with Gasteiger partial charge < -0.3 is 10.3 Å². The van der Waals surface area contributed by atoms with Crippen molar-refractivity contribution in [2.24, 2.45) is 0 Å². The van der Waals surface area contributed by atoms with E-state index in [2.05, 4.69) is 14.9 Å². The number of sulfonamides is 1. The fourth-order valence-electron chi connectivity index (χ4n) is 2.24. The summed E-state index contributed by atoms with van der Waals surface area (Å²) in [5, 5.41) is 3.61. The zero-order valence-electron chi connectivity index (χ0n) is 12.4. The van der Waals surface area contributed by atoms with Crippen molar-refractivity contribution >= 4 is 15.7 Å². The summed E-state index contributed by atoms with van der Waals surface area (Å²) in [7, 11) is -3.71. The van der Waals surface area contributed by atoms with Gasteiger partial charge in [-0.25, -0.2) is 13.1 Å². The van der Waals surface area contributed by atoms with E-state index in [9.17, 15) is 8.42 Å². The molecule has 0 radical (unpaired) electrons. The van der Waals surface area contributed by atoms with E-state index in [1.54, 1.807) is 26.8 Å². The van der Waals surface area contributed by atoms with Gasteiger partial charge in [0.2, 0.25) is 15.9 Å². The van der Waals surface area contributed by atoms with Crippen molar-refractivity contribution in [1.29, 1.82) is 0 Å². The van der Waals surface area contributed by atoms with Gasteiger partial charge in [0, 0.05) is 5.69 Å². The van der Waals surface area contributed by atoms with Gasteiger partial charge in [-0.05, 0) is 44.4 Å². The average molecular weight is 310 g/mol. The molecule has 2 aromatic rings. The Hall–Kier alpha value is -1.93. The van der Waals surface area contributed by atoms with Crippen LogP contribution in [0.5, 0.6) is 0 Å². The molecular weight excluding hydrogens is 292 g/mol. The highest BCUT2D eigenvalue weighted by Gasteiger charge is 2.22. The number of nitrogens with zero attached hydrogens (tertiary/aromatic N) is 2. The minimum atomic E-state index is -3.71. The van der Waals surface area contributed by atoms with Crippen molar-refractivity contribution in [3.8, 4) is 0 Å². The maximum Gasteiger partial charge on any atom is 0.241 e. The number of aromatic nitrogens is 2. The maximum atomic E-state index is 12.5. The van der Waals surface area contributed by atoms with E-state index in [0.29, 0.717) is 22.6 Å². The molecule has 0 aliphatic carbocycles. The molecule has 0 spiro atoms. The summed E-state index contributed by atoms with van der Waals surface area (Å²) >= 11 is 0. The molecule has 114 valence electrons. The van der Waals surface area contributed by atoms with E-state index >= 15 is 0 Å². The first-order chi connectivity index (χ1) is 9.72. The van der Waals surface area contributed by atoms with Crippen LogP contribution in [0.2, 0.25) is 0 Å². The fourth-order valence-corrected chi connectivity index (χ4v) is 3.69. The normalized spacial score (nSPS) is 11.8. The van der Waals surface area contributed by atoms with Crippen molar-refractivity contribution in [2.45, 2.75) is 39.1 Å². The molecule has 0 saturated heterocycles. The van der Waals surface area contributed by atoms with E-state index in [4.69, 9.17) is 10.3 Å². The van der Waals surface area contributed by atoms with Gasteiger partial charge in [0.25, 0.3) is 0 Å². The number of hydrogen-bond donors (Lipinski definition) is 2. The van der Waals surface area contributed by atoms with Gasteiger partial charge in [-0.1, -0.05) is 11.2 Å². The molecule has 0 aliphatic heterocycles. The predicted octanol–water partition coefficient (Wildman–Crippen LogP) is 1.36. The molecule has 0 atom stereocenters. The first kappa shape index (κ1) is 15.5. The SMILES string of the molecule is Cc1noc(CNS(=O)(=O)c2c(C)cc(C)c(N)c2C)n1. The Bertz CT molecular complexity index is 781. The smallest absolute Gasteiger partial charge is 0.241 e. The zero-order valence-corrected chi connectivity index (χ0v) is 13.2. The van der Waals surface area contributed by atoms with E-state index in [-0.39, 0.29) is 17.3 Å². The van der Waals surface area contributed by atoms with Crippen LogP contribution in [0.3, 0.4) is 0 Å². The monoisotopic (exact) mass is 310 g/mol. The zero-order chi connectivity index (χ0) is 15.8. The second-order valence-electron chi connectivity index (χ2n) is 4.94. The first-order valence-electron chi connectivity index (χ1n) is 6.37. The lowest BCUT2D eigenvalue weighted by atomic mass is 10.1. The summed E-state index contributed by atoms with van der Waals surface area (Å²) in [6.07, 6.45) is 0. The molecule has 1 aromatic carbocycles. The Morgan fingerprint density at radius 2 is 1.90 bits per heavy atom. The van der Waals surface area contributed by atoms with Crippen molar-refractivity contribution in [3.63, 3.8) is 0 Å². The number of hydrogen-bond acceptors (Lipinski definition) is 6. The second kappa shape index (κ2) is 5.45. The van der Waals surface area contributed by atoms with Gasteiger partial charge in [-0.15, -0.1) is 0 Å². The summed E-state index contributed by atoms with van der Waals surface area (Å²) in [6, 6.07) is 1.76. The summed E-state index contributed by atoms with van der Waals surface area (Å²) < 4.78 is 32.3. The third kappa shape index (κ3) is 3.06. The summed E-state index contributed by atoms with van der Waals surface area (Å²) in [4.78, 5) is 4.15. The van der Waals surface area contributed by atoms with Crippen LogP contribution >= 0.6 is 0 Å². The third-order valence-electron chi connectivity index (χ3n) is 3.21. The molecule has 1 aromatic heterocycles. The van der Waals surface area contributed by atoms with Gasteiger partial charge in [0.1, 0.15) is 0 Å². The van der Waals surface area contributed by atoms with Crippen molar-refractivity contribution in [1.82, 2.24) is 14.9 Å². The van der Waals surface area contributed by atoms with E-state index in [0.717, 1.165) is 5.56 Å². The number of nitrogens with one attached hydrogen (secondary N) is 1. The number of aryl methyl sites for hydroxylation is 3. The molecule has 0 fully saturated rings. The Kier molecular flexibility index (Phi) is 4.02. The quantitative estimate of drug-likeness (QED) is 0.825. The first-order valence-corrected chi connectivity index (χ1v) is 7.86. The molecule has 8 heteroatoms. The fraction of sp³-hybridized carbons (Fsp3) is 0.385. The third-order valence-corrected chi connectivity index (χ3v) is 4.90. The Balaban J connectivity index is 2.34. The minimum absolute atomic E-state index is 0.0597. The van der Waals surface area contributed by atoms with Gasteiger partial charge >= 0.3 is 0 Å². The molecule has 21 heavy (non-hydrogen) atoms. The van der Waals surface area contributed by atoms with E-state index in [1.807, 2.05) is 6.92 Å². The number of rotatable bonds is 4. The Labute approximate surface area is 123 Å². The standard InChI is InChI=1S/C13H18N4O3S/c1-7-5-8(2)13(9(3)12(7)14)21(18,19)15-6-11-16-10(4)17-20-11/h5,15H,6,14H2,1-4H3. The van der Waals surface area contributed by atoms with Crippen LogP contribution in [0, 0.1) is 27.7 Å². The van der Waals surface area contributed by atoms with Crippen molar-refractivity contribution in [3.05, 3.63) is 34.5 Å². The van der Waals surface area contributed by atoms with Crippen molar-refractivity contribution < 1.29 is 12.9 Å². The molecule has 0 saturated carbocycles.